The fraction of sp³-hybridized carbons (Fsp3) is 0.833. The summed E-state index contributed by atoms with van der Waals surface area (Å²) in [5.41, 5.74) is 0. The normalized spacial score (nSPS) is 46.7. The number of carboxylic acid groups (broad SMARTS) is 2. The number of esters is 1. The highest BCUT2D eigenvalue weighted by Gasteiger charge is 2.56. The Morgan fingerprint density at radius 1 is 0.889 bits per heavy atom. The fourth-order valence-electron chi connectivity index (χ4n) is 4.65. The van der Waals surface area contributed by atoms with Gasteiger partial charge in [-0.2, -0.15) is 0 Å². The van der Waals surface area contributed by atoms with E-state index in [2.05, 4.69) is 0 Å². The highest BCUT2D eigenvalue weighted by Crippen LogP contribution is 2.44. The Morgan fingerprint density at radius 2 is 1.37 bits per heavy atom. The minimum absolute atomic E-state index is 0.0499. The Bertz CT molecular complexity index is 618. The summed E-state index contributed by atoms with van der Waals surface area (Å²) in [5, 5.41) is 27.2. The van der Waals surface area contributed by atoms with Crippen LogP contribution < -0.4 is 0 Å². The minimum Gasteiger partial charge on any atom is -0.481 e. The average Bonchev–Trinajstić information content (AvgIpc) is 3.32. The molecule has 4 saturated heterocycles. The van der Waals surface area contributed by atoms with Crippen molar-refractivity contribution in [3.8, 4) is 0 Å². The Morgan fingerprint density at radius 3 is 1.78 bits per heavy atom. The molecule has 0 aromatic heterocycles. The number of fused-ring (bicyclic) bond motifs is 4. The second kappa shape index (κ2) is 7.37. The van der Waals surface area contributed by atoms with Crippen molar-refractivity contribution in [1.29, 1.82) is 0 Å². The van der Waals surface area contributed by atoms with E-state index in [1.165, 1.54) is 6.92 Å². The summed E-state index contributed by atoms with van der Waals surface area (Å²) in [6.45, 7) is 5.15. The maximum atomic E-state index is 10.9. The summed E-state index contributed by atoms with van der Waals surface area (Å²) < 4.78 is 16.0. The number of aliphatic hydroxyl groups is 1. The van der Waals surface area contributed by atoms with E-state index in [4.69, 9.17) is 24.4 Å². The average molecular weight is 386 g/mol. The Balaban J connectivity index is 0.000000159. The number of aliphatic hydroxyl groups excluding tert-OH is 1. The van der Waals surface area contributed by atoms with Crippen molar-refractivity contribution < 1.29 is 43.9 Å². The van der Waals surface area contributed by atoms with Crippen LogP contribution in [0.25, 0.3) is 0 Å². The minimum atomic E-state index is -0.869. The predicted molar refractivity (Wildman–Crippen MR) is 88.7 cm³/mol. The Kier molecular flexibility index (Phi) is 5.47. The predicted octanol–water partition coefficient (Wildman–Crippen LogP) is 0.281. The zero-order chi connectivity index (χ0) is 20.0. The van der Waals surface area contributed by atoms with Crippen LogP contribution in [0.4, 0.5) is 0 Å². The van der Waals surface area contributed by atoms with Gasteiger partial charge >= 0.3 is 17.9 Å². The molecule has 0 aliphatic carbocycles. The smallest absolute Gasteiger partial charge is 0.309 e. The molecule has 4 fully saturated rings. The summed E-state index contributed by atoms with van der Waals surface area (Å²) in [6.07, 6.45) is -0.982. The molecule has 0 spiro atoms. The molecule has 4 bridgehead atoms. The summed E-state index contributed by atoms with van der Waals surface area (Å²) in [5.74, 6) is -2.95. The number of rotatable bonds is 3. The number of carboxylic acids is 2. The first-order valence-corrected chi connectivity index (χ1v) is 9.23. The van der Waals surface area contributed by atoms with E-state index in [0.717, 1.165) is 0 Å². The molecule has 3 N–H and O–H groups in total. The van der Waals surface area contributed by atoms with E-state index in [1.807, 2.05) is 13.8 Å². The van der Waals surface area contributed by atoms with Gasteiger partial charge in [-0.1, -0.05) is 13.8 Å². The van der Waals surface area contributed by atoms with E-state index >= 15 is 0 Å². The quantitative estimate of drug-likeness (QED) is 0.583. The van der Waals surface area contributed by atoms with E-state index in [-0.39, 0.29) is 30.0 Å². The monoisotopic (exact) mass is 386 g/mol. The number of carbonyl (C=O) groups is 3. The fourth-order valence-corrected chi connectivity index (χ4v) is 4.65. The van der Waals surface area contributed by atoms with Crippen LogP contribution in [-0.2, 0) is 28.6 Å². The van der Waals surface area contributed by atoms with Gasteiger partial charge in [-0.3, -0.25) is 14.4 Å². The van der Waals surface area contributed by atoms with E-state index < -0.39 is 48.2 Å². The first-order valence-electron chi connectivity index (χ1n) is 9.23. The van der Waals surface area contributed by atoms with Gasteiger partial charge in [-0.25, -0.2) is 0 Å². The van der Waals surface area contributed by atoms with E-state index in [0.29, 0.717) is 12.8 Å². The third-order valence-corrected chi connectivity index (χ3v) is 6.26. The van der Waals surface area contributed by atoms with Crippen LogP contribution in [0.5, 0.6) is 0 Å². The molecule has 10 atom stereocenters. The highest BCUT2D eigenvalue weighted by molar-refractivity contribution is 5.72. The van der Waals surface area contributed by atoms with Crippen molar-refractivity contribution in [3.63, 3.8) is 0 Å². The standard InChI is InChI=1S/C10H14O5.C8H12O4/c1-4-7-3-6(10(12)13)9(15-7)8(4)14-5(2)11;1-3-5-2-4(8(10)11)7(12-5)6(3)9/h4,6-9H,3H2,1-2H3,(H,12,13);3-7,9H,2H2,1H3,(H,10,11)/t4-,6?,7+,8?,9?;3-,4?,5+,6?,7?/m11/s1. The molecule has 9 nitrogen and oxygen atoms in total. The molecule has 0 aromatic rings. The van der Waals surface area contributed by atoms with Gasteiger partial charge in [-0.15, -0.1) is 0 Å². The lowest BCUT2D eigenvalue weighted by Crippen LogP contribution is -2.42. The SMILES string of the molecule is CC(=O)OC1C2O[C@@H](CC2C(=O)O)[C@H]1C.C[C@H]1C(O)C2O[C@H]1CC2C(=O)O. The molecule has 0 aromatic carbocycles. The van der Waals surface area contributed by atoms with Crippen LogP contribution in [0, 0.1) is 23.7 Å². The van der Waals surface area contributed by atoms with Crippen LogP contribution in [0.15, 0.2) is 0 Å². The Hall–Kier alpha value is -1.71. The molecule has 4 aliphatic rings. The first kappa shape index (κ1) is 20.0. The third kappa shape index (κ3) is 3.55. The number of carbonyl (C=O) groups excluding carboxylic acids is 1. The van der Waals surface area contributed by atoms with Crippen LogP contribution in [-0.4, -0.2) is 69.9 Å². The first-order chi connectivity index (χ1) is 12.6. The summed E-state index contributed by atoms with van der Waals surface area (Å²) in [7, 11) is 0. The molecule has 4 aliphatic heterocycles. The van der Waals surface area contributed by atoms with Gasteiger partial charge in [0.25, 0.3) is 0 Å². The Labute approximate surface area is 156 Å². The van der Waals surface area contributed by atoms with Crippen LogP contribution >= 0.6 is 0 Å². The van der Waals surface area contributed by atoms with Gasteiger partial charge in [0.15, 0.2) is 0 Å². The van der Waals surface area contributed by atoms with Gasteiger partial charge in [0.1, 0.15) is 12.2 Å². The molecular weight excluding hydrogens is 360 g/mol. The molecule has 0 saturated carbocycles. The third-order valence-electron chi connectivity index (χ3n) is 6.26. The maximum Gasteiger partial charge on any atom is 0.309 e. The lowest BCUT2D eigenvalue weighted by Gasteiger charge is -2.27. The van der Waals surface area contributed by atoms with Gasteiger partial charge in [0, 0.05) is 18.8 Å². The second-order valence-corrected chi connectivity index (χ2v) is 7.92. The van der Waals surface area contributed by atoms with Crippen molar-refractivity contribution >= 4 is 17.9 Å². The van der Waals surface area contributed by atoms with Crippen molar-refractivity contribution in [2.75, 3.05) is 0 Å². The van der Waals surface area contributed by atoms with Crippen molar-refractivity contribution in [1.82, 2.24) is 0 Å². The number of hydrogen-bond donors (Lipinski definition) is 3. The van der Waals surface area contributed by atoms with Crippen LogP contribution in [0.3, 0.4) is 0 Å². The topological polar surface area (TPSA) is 140 Å². The molecule has 27 heavy (non-hydrogen) atoms. The summed E-state index contributed by atoms with van der Waals surface area (Å²) in [4.78, 5) is 32.4. The highest BCUT2D eigenvalue weighted by atomic mass is 16.6. The molecule has 4 heterocycles. The molecule has 0 radical (unpaired) electrons. The van der Waals surface area contributed by atoms with Crippen LogP contribution in [0.2, 0.25) is 0 Å². The lowest BCUT2D eigenvalue weighted by atomic mass is 9.81. The van der Waals surface area contributed by atoms with Gasteiger partial charge in [0.2, 0.25) is 0 Å². The molecular formula is C18H26O9. The van der Waals surface area contributed by atoms with Crippen molar-refractivity contribution in [2.24, 2.45) is 23.7 Å². The molecule has 4 rings (SSSR count). The lowest BCUT2D eigenvalue weighted by molar-refractivity contribution is -0.157. The molecule has 6 unspecified atom stereocenters. The largest absolute Gasteiger partial charge is 0.481 e. The molecule has 0 amide bonds. The number of ether oxygens (including phenoxy) is 3. The summed E-state index contributed by atoms with van der Waals surface area (Å²) in [6, 6.07) is 0. The number of aliphatic carboxylic acids is 2. The van der Waals surface area contributed by atoms with Crippen molar-refractivity contribution in [3.05, 3.63) is 0 Å². The molecule has 152 valence electrons. The van der Waals surface area contributed by atoms with Crippen LogP contribution in [0.1, 0.15) is 33.6 Å². The summed E-state index contributed by atoms with van der Waals surface area (Å²) >= 11 is 0. The zero-order valence-corrected chi connectivity index (χ0v) is 15.5. The van der Waals surface area contributed by atoms with E-state index in [1.54, 1.807) is 0 Å². The second-order valence-electron chi connectivity index (χ2n) is 7.92. The van der Waals surface area contributed by atoms with E-state index in [9.17, 15) is 19.5 Å². The van der Waals surface area contributed by atoms with Gasteiger partial charge in [-0.05, 0) is 12.8 Å². The molecule has 9 heteroatoms. The zero-order valence-electron chi connectivity index (χ0n) is 15.5. The maximum absolute atomic E-state index is 10.9. The van der Waals surface area contributed by atoms with Gasteiger partial charge in [0.05, 0.1) is 36.3 Å². The number of hydrogen-bond acceptors (Lipinski definition) is 7. The van der Waals surface area contributed by atoms with Crippen molar-refractivity contribution in [2.45, 2.75) is 70.2 Å². The van der Waals surface area contributed by atoms with Gasteiger partial charge < -0.3 is 29.5 Å².